The first kappa shape index (κ1) is 14.6. The Morgan fingerprint density at radius 2 is 2.00 bits per heavy atom. The quantitative estimate of drug-likeness (QED) is 0.535. The number of ether oxygens (including phenoxy) is 1. The molecule has 3 heteroatoms. The molecular weight excluding hydrogens is 208 g/mol. The molecule has 0 radical (unpaired) electrons. The van der Waals surface area contributed by atoms with E-state index >= 15 is 0 Å². The van der Waals surface area contributed by atoms with Gasteiger partial charge in [0.2, 0.25) is 0 Å². The van der Waals surface area contributed by atoms with E-state index in [0.29, 0.717) is 11.0 Å². The molecule has 0 saturated heterocycles. The third-order valence-corrected chi connectivity index (χ3v) is 3.32. The molecule has 0 bridgehead atoms. The van der Waals surface area contributed by atoms with Gasteiger partial charge in [-0.1, -0.05) is 27.4 Å². The fourth-order valence-corrected chi connectivity index (χ4v) is 1.98. The summed E-state index contributed by atoms with van der Waals surface area (Å²) >= 11 is 1.82. The lowest BCUT2D eigenvalue weighted by atomic mass is 10.0. The second-order valence-corrected chi connectivity index (χ2v) is 6.10. The van der Waals surface area contributed by atoms with E-state index in [-0.39, 0.29) is 12.1 Å². The fourth-order valence-electron chi connectivity index (χ4n) is 0.848. The van der Waals surface area contributed by atoms with Crippen LogP contribution in [0.15, 0.2) is 12.2 Å². The Kier molecular flexibility index (Phi) is 6.03. The Morgan fingerprint density at radius 3 is 2.40 bits per heavy atom. The van der Waals surface area contributed by atoms with Gasteiger partial charge in [-0.3, -0.25) is 0 Å². The van der Waals surface area contributed by atoms with Gasteiger partial charge in [-0.15, -0.1) is 0 Å². The van der Waals surface area contributed by atoms with Crippen molar-refractivity contribution in [2.24, 2.45) is 5.41 Å². The maximum absolute atomic E-state index is 11.2. The lowest BCUT2D eigenvalue weighted by molar-refractivity contribution is -0.142. The monoisotopic (exact) mass is 230 g/mol. The van der Waals surface area contributed by atoms with Gasteiger partial charge in [-0.05, 0) is 25.0 Å². The molecule has 0 amide bonds. The van der Waals surface area contributed by atoms with Crippen LogP contribution in [0.3, 0.4) is 0 Å². The van der Waals surface area contributed by atoms with Crippen molar-refractivity contribution in [1.29, 1.82) is 0 Å². The zero-order chi connectivity index (χ0) is 12.1. The maximum atomic E-state index is 11.2. The van der Waals surface area contributed by atoms with E-state index < -0.39 is 0 Å². The molecular formula is C12H22O2S. The molecule has 0 aliphatic carbocycles. The Hall–Kier alpha value is -0.440. The van der Waals surface area contributed by atoms with E-state index in [1.807, 2.05) is 18.7 Å². The number of rotatable bonds is 5. The van der Waals surface area contributed by atoms with Gasteiger partial charge in [0.1, 0.15) is 6.10 Å². The second-order valence-electron chi connectivity index (χ2n) is 5.07. The van der Waals surface area contributed by atoms with Gasteiger partial charge in [0.15, 0.2) is 0 Å². The molecule has 15 heavy (non-hydrogen) atoms. The van der Waals surface area contributed by atoms with E-state index in [2.05, 4.69) is 27.4 Å². The number of thioether (sulfide) groups is 1. The van der Waals surface area contributed by atoms with Gasteiger partial charge in [0.25, 0.3) is 0 Å². The van der Waals surface area contributed by atoms with Crippen molar-refractivity contribution in [3.05, 3.63) is 12.2 Å². The molecule has 2 nitrogen and oxygen atoms in total. The average molecular weight is 230 g/mol. The first-order valence-electron chi connectivity index (χ1n) is 5.16. The molecule has 0 heterocycles. The molecule has 0 rings (SSSR count). The molecule has 0 N–H and O–H groups in total. The molecule has 1 atom stereocenters. The minimum Gasteiger partial charge on any atom is -0.458 e. The van der Waals surface area contributed by atoms with Crippen molar-refractivity contribution < 1.29 is 9.53 Å². The molecule has 0 aromatic carbocycles. The Morgan fingerprint density at radius 1 is 1.47 bits per heavy atom. The SMILES string of the molecule is C=C(C)C(=O)OC(C)CSCC(C)(C)C. The third kappa shape index (κ3) is 8.55. The minimum atomic E-state index is -0.293. The molecule has 0 saturated carbocycles. The van der Waals surface area contributed by atoms with Crippen molar-refractivity contribution in [3.63, 3.8) is 0 Å². The van der Waals surface area contributed by atoms with Crippen LogP contribution in [-0.2, 0) is 9.53 Å². The molecule has 0 spiro atoms. The fraction of sp³-hybridized carbons (Fsp3) is 0.750. The summed E-state index contributed by atoms with van der Waals surface area (Å²) in [5.41, 5.74) is 0.783. The second kappa shape index (κ2) is 6.21. The van der Waals surface area contributed by atoms with Crippen LogP contribution in [0.4, 0.5) is 0 Å². The first-order valence-corrected chi connectivity index (χ1v) is 6.32. The molecule has 0 aromatic rings. The Bertz CT molecular complexity index is 228. The predicted octanol–water partition coefficient (Wildman–Crippen LogP) is 3.27. The summed E-state index contributed by atoms with van der Waals surface area (Å²) in [6.45, 7) is 13.7. The highest BCUT2D eigenvalue weighted by Crippen LogP contribution is 2.21. The van der Waals surface area contributed by atoms with Crippen LogP contribution in [0.25, 0.3) is 0 Å². The number of esters is 1. The number of hydrogen-bond donors (Lipinski definition) is 0. The maximum Gasteiger partial charge on any atom is 0.333 e. The van der Waals surface area contributed by atoms with Crippen LogP contribution in [0.1, 0.15) is 34.6 Å². The summed E-state index contributed by atoms with van der Waals surface area (Å²) in [5, 5.41) is 0. The number of carbonyl (C=O) groups excluding carboxylic acids is 1. The normalized spacial score (nSPS) is 13.4. The summed E-state index contributed by atoms with van der Waals surface area (Å²) in [4.78, 5) is 11.2. The first-order chi connectivity index (χ1) is 6.72. The summed E-state index contributed by atoms with van der Waals surface area (Å²) in [5.74, 6) is 1.62. The zero-order valence-electron chi connectivity index (χ0n) is 10.4. The lowest BCUT2D eigenvalue weighted by Crippen LogP contribution is -2.19. The largest absolute Gasteiger partial charge is 0.458 e. The summed E-state index contributed by atoms with van der Waals surface area (Å²) in [6.07, 6.45) is -0.0402. The van der Waals surface area contributed by atoms with Gasteiger partial charge in [0.05, 0.1) is 0 Å². The smallest absolute Gasteiger partial charge is 0.333 e. The van der Waals surface area contributed by atoms with Gasteiger partial charge < -0.3 is 4.74 Å². The molecule has 1 unspecified atom stereocenters. The van der Waals surface area contributed by atoms with E-state index in [9.17, 15) is 4.79 Å². The van der Waals surface area contributed by atoms with Crippen LogP contribution in [0, 0.1) is 5.41 Å². The molecule has 0 aliphatic rings. The standard InChI is InChI=1S/C12H22O2S/c1-9(2)11(13)14-10(3)7-15-8-12(4,5)6/h10H,1,7-8H2,2-6H3. The van der Waals surface area contributed by atoms with E-state index in [1.54, 1.807) is 6.92 Å². The number of hydrogen-bond acceptors (Lipinski definition) is 3. The van der Waals surface area contributed by atoms with E-state index in [0.717, 1.165) is 11.5 Å². The minimum absolute atomic E-state index is 0.0402. The van der Waals surface area contributed by atoms with E-state index in [1.165, 1.54) is 0 Å². The molecule has 0 aromatic heterocycles. The van der Waals surface area contributed by atoms with Crippen LogP contribution >= 0.6 is 11.8 Å². The zero-order valence-corrected chi connectivity index (χ0v) is 11.2. The van der Waals surface area contributed by atoms with Crippen LogP contribution in [0.5, 0.6) is 0 Å². The highest BCUT2D eigenvalue weighted by molar-refractivity contribution is 7.99. The van der Waals surface area contributed by atoms with Gasteiger partial charge in [-0.25, -0.2) is 4.79 Å². The average Bonchev–Trinajstić information content (AvgIpc) is 2.01. The van der Waals surface area contributed by atoms with Crippen molar-refractivity contribution in [2.45, 2.75) is 40.7 Å². The highest BCUT2D eigenvalue weighted by Gasteiger charge is 2.13. The van der Waals surface area contributed by atoms with Crippen molar-refractivity contribution in [1.82, 2.24) is 0 Å². The molecule has 0 fully saturated rings. The molecule has 88 valence electrons. The lowest BCUT2D eigenvalue weighted by Gasteiger charge is -2.19. The van der Waals surface area contributed by atoms with Crippen molar-refractivity contribution >= 4 is 17.7 Å². The van der Waals surface area contributed by atoms with Crippen molar-refractivity contribution in [3.8, 4) is 0 Å². The Labute approximate surface area is 97.5 Å². The van der Waals surface area contributed by atoms with Crippen LogP contribution in [-0.4, -0.2) is 23.6 Å². The molecule has 0 aliphatic heterocycles. The van der Waals surface area contributed by atoms with E-state index in [4.69, 9.17) is 4.74 Å². The highest BCUT2D eigenvalue weighted by atomic mass is 32.2. The van der Waals surface area contributed by atoms with Crippen molar-refractivity contribution in [2.75, 3.05) is 11.5 Å². The Balaban J connectivity index is 3.71. The topological polar surface area (TPSA) is 26.3 Å². The van der Waals surface area contributed by atoms with Crippen LogP contribution in [0.2, 0.25) is 0 Å². The van der Waals surface area contributed by atoms with Gasteiger partial charge in [0, 0.05) is 11.3 Å². The van der Waals surface area contributed by atoms with Crippen LogP contribution < -0.4 is 0 Å². The summed E-state index contributed by atoms with van der Waals surface area (Å²) in [7, 11) is 0. The summed E-state index contributed by atoms with van der Waals surface area (Å²) < 4.78 is 5.17. The third-order valence-electron chi connectivity index (χ3n) is 1.54. The summed E-state index contributed by atoms with van der Waals surface area (Å²) in [6, 6.07) is 0. The van der Waals surface area contributed by atoms with Gasteiger partial charge in [-0.2, -0.15) is 11.8 Å². The number of carbonyl (C=O) groups is 1. The predicted molar refractivity (Wildman–Crippen MR) is 67.1 cm³/mol. The van der Waals surface area contributed by atoms with Gasteiger partial charge >= 0.3 is 5.97 Å².